The van der Waals surface area contributed by atoms with Gasteiger partial charge in [-0.05, 0) is 37.6 Å². The zero-order chi connectivity index (χ0) is 18.0. The third-order valence-corrected chi connectivity index (χ3v) is 4.07. The van der Waals surface area contributed by atoms with E-state index in [0.717, 1.165) is 11.1 Å². The molecule has 1 heterocycles. The number of esters is 1. The Hall–Kier alpha value is -3.02. The molecule has 130 valence electrons. The molecule has 0 aromatic heterocycles. The van der Waals surface area contributed by atoms with E-state index in [1.165, 1.54) is 7.11 Å². The minimum Gasteiger partial charge on any atom is -0.467 e. The van der Waals surface area contributed by atoms with E-state index in [2.05, 4.69) is 10.1 Å². The largest absolute Gasteiger partial charge is 0.467 e. The van der Waals surface area contributed by atoms with Crippen molar-refractivity contribution in [3.63, 3.8) is 0 Å². The standard InChI is InChI=1S/C19H20N2O4/c1-12-8-9-17-15(10-12)21(19(23)20-13(2)18(22)24-3)11-14-6-4-5-7-16(14)25-17/h4-10,13H,11H2,1-3H3,(H,20,23)/t13-/m0/s1. The number of ether oxygens (including phenoxy) is 2. The van der Waals surface area contributed by atoms with Gasteiger partial charge in [-0.15, -0.1) is 0 Å². The number of nitrogens with zero attached hydrogens (tertiary/aromatic N) is 1. The summed E-state index contributed by atoms with van der Waals surface area (Å²) in [7, 11) is 1.29. The molecule has 0 fully saturated rings. The number of methoxy groups -OCH3 is 1. The van der Waals surface area contributed by atoms with E-state index < -0.39 is 12.0 Å². The number of carbonyl (C=O) groups is 2. The average molecular weight is 340 g/mol. The summed E-state index contributed by atoms with van der Waals surface area (Å²) in [4.78, 5) is 26.0. The van der Waals surface area contributed by atoms with Gasteiger partial charge in [0.25, 0.3) is 0 Å². The zero-order valence-electron chi connectivity index (χ0n) is 14.4. The van der Waals surface area contributed by atoms with Crippen LogP contribution in [0.1, 0.15) is 18.1 Å². The Labute approximate surface area is 146 Å². The van der Waals surface area contributed by atoms with Gasteiger partial charge in [0.1, 0.15) is 11.8 Å². The fourth-order valence-corrected chi connectivity index (χ4v) is 2.71. The van der Waals surface area contributed by atoms with Crippen LogP contribution in [-0.2, 0) is 16.1 Å². The monoisotopic (exact) mass is 340 g/mol. The van der Waals surface area contributed by atoms with Gasteiger partial charge in [0.05, 0.1) is 19.3 Å². The number of urea groups is 1. The second-order valence-corrected chi connectivity index (χ2v) is 5.96. The number of fused-ring (bicyclic) bond motifs is 2. The zero-order valence-corrected chi connectivity index (χ0v) is 14.4. The van der Waals surface area contributed by atoms with Crippen molar-refractivity contribution >= 4 is 17.7 Å². The highest BCUT2D eigenvalue weighted by Gasteiger charge is 2.27. The molecule has 0 radical (unpaired) electrons. The Kier molecular flexibility index (Phi) is 4.61. The Morgan fingerprint density at radius 3 is 2.72 bits per heavy atom. The lowest BCUT2D eigenvalue weighted by molar-refractivity contribution is -0.142. The number of anilines is 1. The summed E-state index contributed by atoms with van der Waals surface area (Å²) >= 11 is 0. The summed E-state index contributed by atoms with van der Waals surface area (Å²) in [5.74, 6) is 0.810. The second-order valence-electron chi connectivity index (χ2n) is 5.96. The van der Waals surface area contributed by atoms with Gasteiger partial charge in [0.15, 0.2) is 5.75 Å². The molecule has 0 bridgehead atoms. The lowest BCUT2D eigenvalue weighted by Gasteiger charge is -2.24. The lowest BCUT2D eigenvalue weighted by atomic mass is 10.1. The molecule has 1 N–H and O–H groups in total. The molecule has 0 spiro atoms. The SMILES string of the molecule is COC(=O)[C@H](C)NC(=O)N1Cc2ccccc2Oc2ccc(C)cc21. The van der Waals surface area contributed by atoms with E-state index in [9.17, 15) is 9.59 Å². The summed E-state index contributed by atoms with van der Waals surface area (Å²) in [6.07, 6.45) is 0. The van der Waals surface area contributed by atoms with E-state index in [4.69, 9.17) is 4.74 Å². The van der Waals surface area contributed by atoms with Gasteiger partial charge in [-0.3, -0.25) is 4.90 Å². The molecule has 0 saturated carbocycles. The van der Waals surface area contributed by atoms with E-state index in [0.29, 0.717) is 23.7 Å². The molecular weight excluding hydrogens is 320 g/mol. The van der Waals surface area contributed by atoms with Crippen LogP contribution in [0.25, 0.3) is 0 Å². The van der Waals surface area contributed by atoms with Crippen LogP contribution in [0.3, 0.4) is 0 Å². The number of nitrogens with one attached hydrogen (secondary N) is 1. The van der Waals surface area contributed by atoms with E-state index in [1.54, 1.807) is 11.8 Å². The Bertz CT molecular complexity index is 819. The summed E-state index contributed by atoms with van der Waals surface area (Å²) in [6, 6.07) is 12.1. The van der Waals surface area contributed by atoms with Gasteiger partial charge in [-0.1, -0.05) is 24.3 Å². The quantitative estimate of drug-likeness (QED) is 0.851. The first kappa shape index (κ1) is 16.8. The highest BCUT2D eigenvalue weighted by atomic mass is 16.5. The van der Waals surface area contributed by atoms with Crippen LogP contribution in [0.5, 0.6) is 11.5 Å². The number of hydrogen-bond acceptors (Lipinski definition) is 4. The third kappa shape index (κ3) is 3.42. The average Bonchev–Trinajstić information content (AvgIpc) is 2.77. The maximum Gasteiger partial charge on any atom is 0.328 e. The first-order chi connectivity index (χ1) is 12.0. The van der Waals surface area contributed by atoms with Crippen molar-refractivity contribution in [2.24, 2.45) is 0 Å². The van der Waals surface area contributed by atoms with Crippen LogP contribution in [-0.4, -0.2) is 25.2 Å². The van der Waals surface area contributed by atoms with E-state index in [1.807, 2.05) is 49.4 Å². The fraction of sp³-hybridized carbons (Fsp3) is 0.263. The molecule has 2 amide bonds. The highest BCUT2D eigenvalue weighted by Crippen LogP contribution is 2.39. The highest BCUT2D eigenvalue weighted by molar-refractivity contribution is 5.96. The smallest absolute Gasteiger partial charge is 0.328 e. The lowest BCUT2D eigenvalue weighted by Crippen LogP contribution is -2.46. The molecule has 0 saturated heterocycles. The molecule has 1 aliphatic heterocycles. The fourth-order valence-electron chi connectivity index (χ4n) is 2.71. The Morgan fingerprint density at radius 1 is 1.20 bits per heavy atom. The molecule has 0 unspecified atom stereocenters. The summed E-state index contributed by atoms with van der Waals surface area (Å²) < 4.78 is 10.7. The van der Waals surface area contributed by atoms with Gasteiger partial charge >= 0.3 is 12.0 Å². The Morgan fingerprint density at radius 2 is 1.96 bits per heavy atom. The van der Waals surface area contributed by atoms with Gasteiger partial charge in [0.2, 0.25) is 0 Å². The molecule has 2 aromatic rings. The normalized spacial score (nSPS) is 13.6. The molecule has 2 aromatic carbocycles. The van der Waals surface area contributed by atoms with Crippen LogP contribution >= 0.6 is 0 Å². The van der Waals surface area contributed by atoms with Crippen molar-refractivity contribution in [2.45, 2.75) is 26.4 Å². The van der Waals surface area contributed by atoms with Crippen molar-refractivity contribution in [2.75, 3.05) is 12.0 Å². The van der Waals surface area contributed by atoms with E-state index in [-0.39, 0.29) is 6.03 Å². The molecule has 6 heteroatoms. The molecule has 1 aliphatic rings. The number of carbonyl (C=O) groups excluding carboxylic acids is 2. The van der Waals surface area contributed by atoms with Crippen LogP contribution in [0.2, 0.25) is 0 Å². The van der Waals surface area contributed by atoms with Crippen molar-refractivity contribution < 1.29 is 19.1 Å². The molecule has 6 nitrogen and oxygen atoms in total. The number of hydrogen-bond donors (Lipinski definition) is 1. The van der Waals surface area contributed by atoms with Gasteiger partial charge < -0.3 is 14.8 Å². The molecule has 0 aliphatic carbocycles. The Balaban J connectivity index is 1.98. The van der Waals surface area contributed by atoms with Crippen molar-refractivity contribution in [1.82, 2.24) is 5.32 Å². The number of amides is 2. The van der Waals surface area contributed by atoms with Crippen LogP contribution in [0, 0.1) is 6.92 Å². The molecular formula is C19H20N2O4. The predicted octanol–water partition coefficient (Wildman–Crippen LogP) is 3.38. The van der Waals surface area contributed by atoms with Gasteiger partial charge in [0, 0.05) is 5.56 Å². The number of para-hydroxylation sites is 1. The maximum absolute atomic E-state index is 12.8. The van der Waals surface area contributed by atoms with Crippen LogP contribution in [0.15, 0.2) is 42.5 Å². The first-order valence-electron chi connectivity index (χ1n) is 8.02. The summed E-state index contributed by atoms with van der Waals surface area (Å²) in [5.41, 5.74) is 2.55. The molecule has 3 rings (SSSR count). The predicted molar refractivity (Wildman–Crippen MR) is 93.9 cm³/mol. The topological polar surface area (TPSA) is 67.9 Å². The van der Waals surface area contributed by atoms with Crippen molar-refractivity contribution in [1.29, 1.82) is 0 Å². The minimum atomic E-state index is -0.745. The van der Waals surface area contributed by atoms with Gasteiger partial charge in [-0.25, -0.2) is 9.59 Å². The molecule has 25 heavy (non-hydrogen) atoms. The van der Waals surface area contributed by atoms with Crippen molar-refractivity contribution in [3.8, 4) is 11.5 Å². The van der Waals surface area contributed by atoms with E-state index >= 15 is 0 Å². The summed E-state index contributed by atoms with van der Waals surface area (Å²) in [6.45, 7) is 3.88. The molecule has 1 atom stereocenters. The third-order valence-electron chi connectivity index (χ3n) is 4.07. The van der Waals surface area contributed by atoms with Crippen LogP contribution < -0.4 is 15.0 Å². The number of aryl methyl sites for hydroxylation is 1. The van der Waals surface area contributed by atoms with Gasteiger partial charge in [-0.2, -0.15) is 0 Å². The maximum atomic E-state index is 12.8. The number of rotatable bonds is 2. The minimum absolute atomic E-state index is 0.340. The van der Waals surface area contributed by atoms with Crippen molar-refractivity contribution in [3.05, 3.63) is 53.6 Å². The van der Waals surface area contributed by atoms with Crippen LogP contribution in [0.4, 0.5) is 10.5 Å². The number of benzene rings is 2. The first-order valence-corrected chi connectivity index (χ1v) is 8.02. The second kappa shape index (κ2) is 6.84. The summed E-state index contributed by atoms with van der Waals surface area (Å²) in [5, 5.41) is 2.68.